The second kappa shape index (κ2) is 54.8. The van der Waals surface area contributed by atoms with Crippen molar-refractivity contribution >= 4 is 61.7 Å². The van der Waals surface area contributed by atoms with Crippen LogP contribution in [0.25, 0.3) is 90.8 Å². The summed E-state index contributed by atoms with van der Waals surface area (Å²) in [7, 11) is 0. The van der Waals surface area contributed by atoms with Crippen LogP contribution in [0.1, 0.15) is 270 Å². The average Bonchev–Trinajstić information content (AvgIpc) is 1.61. The topological polar surface area (TPSA) is 142 Å². The summed E-state index contributed by atoms with van der Waals surface area (Å²) < 4.78 is 0.990. The smallest absolute Gasteiger partial charge is 0.165 e. The van der Waals surface area contributed by atoms with Gasteiger partial charge in [-0.3, -0.25) is 0 Å². The van der Waals surface area contributed by atoms with Crippen LogP contribution in [0.2, 0.25) is 0 Å². The van der Waals surface area contributed by atoms with Crippen molar-refractivity contribution in [2.24, 2.45) is 0 Å². The molecule has 14 nitrogen and oxygen atoms in total. The molecule has 0 spiro atoms. The first-order valence-corrected chi connectivity index (χ1v) is 53.3. The van der Waals surface area contributed by atoms with Gasteiger partial charge < -0.3 is 29.6 Å². The first-order valence-electron chi connectivity index (χ1n) is 52.5. The molecule has 10 aromatic carbocycles. The third-order valence-electron chi connectivity index (χ3n) is 26.7. The summed E-state index contributed by atoms with van der Waals surface area (Å²) in [6.45, 7) is 42.0. The molecule has 148 heavy (non-hydrogen) atoms. The molecule has 0 fully saturated rings. The molecule has 2 aliphatic rings. The van der Waals surface area contributed by atoms with Crippen LogP contribution in [-0.2, 0) is 101 Å². The molecule has 2 aliphatic heterocycles. The number of pyridine rings is 4. The van der Waals surface area contributed by atoms with E-state index in [-0.39, 0.29) is 82.0 Å². The predicted octanol–water partition coefficient (Wildman–Crippen LogP) is 35.3. The number of benzene rings is 10. The van der Waals surface area contributed by atoms with Crippen molar-refractivity contribution in [1.82, 2.24) is 49.8 Å². The zero-order valence-electron chi connectivity index (χ0n) is 89.4. The maximum atomic E-state index is 4.91. The first-order chi connectivity index (χ1) is 70.0. The molecule has 0 atom stereocenters. The fraction of sp³-hybridized carbons (Fsp3) is 0.323. The Bertz CT molecular complexity index is 6550. The van der Waals surface area contributed by atoms with Gasteiger partial charge in [0.15, 0.2) is 34.9 Å². The van der Waals surface area contributed by atoms with Gasteiger partial charge in [-0.15, -0.1) is 103 Å². The first kappa shape index (κ1) is 115. The fourth-order valence-corrected chi connectivity index (χ4v) is 18.4. The Morgan fingerprint density at radius 2 is 0.642 bits per heavy atom. The molecule has 0 N–H and O–H groups in total. The zero-order chi connectivity index (χ0) is 102. The Kier molecular flexibility index (Phi) is 42.6. The molecule has 3 radical (unpaired) electrons. The van der Waals surface area contributed by atoms with E-state index in [0.717, 1.165) is 125 Å². The van der Waals surface area contributed by atoms with E-state index in [2.05, 4.69) is 389 Å². The molecule has 16 aromatic rings. The Morgan fingerprint density at radius 1 is 0.291 bits per heavy atom. The van der Waals surface area contributed by atoms with Crippen LogP contribution in [0.3, 0.4) is 0 Å². The molecule has 0 saturated carbocycles. The summed E-state index contributed by atoms with van der Waals surface area (Å²) in [4.78, 5) is 56.9. The van der Waals surface area contributed by atoms with Crippen molar-refractivity contribution < 1.29 is 60.3 Å². The van der Waals surface area contributed by atoms with Crippen LogP contribution in [0.5, 0.6) is 0 Å². The van der Waals surface area contributed by atoms with Crippen molar-refractivity contribution in [1.29, 1.82) is 0 Å². The van der Waals surface area contributed by atoms with Crippen LogP contribution < -0.4 is 19.6 Å². The summed E-state index contributed by atoms with van der Waals surface area (Å²) in [5.74, 6) is 5.67. The summed E-state index contributed by atoms with van der Waals surface area (Å²) in [5.41, 5.74) is 27.7. The van der Waals surface area contributed by atoms with Gasteiger partial charge in [-0.25, -0.2) is 39.9 Å². The minimum Gasteiger partial charge on any atom is -0.492 e. The molecule has 0 bridgehead atoms. The summed E-state index contributed by atoms with van der Waals surface area (Å²) in [6, 6.07) is 106. The molecule has 773 valence electrons. The third kappa shape index (κ3) is 31.8. The summed E-state index contributed by atoms with van der Waals surface area (Å²) in [5, 5.41) is 0. The van der Waals surface area contributed by atoms with Gasteiger partial charge in [0.25, 0.3) is 0 Å². The van der Waals surface area contributed by atoms with Crippen molar-refractivity contribution in [3.05, 3.63) is 384 Å². The van der Waals surface area contributed by atoms with Gasteiger partial charge in [-0.05, 0) is 147 Å². The Balaban J connectivity index is 0.000000175. The number of hydrogen-bond acceptors (Lipinski definition) is 14. The normalized spacial score (nSPS) is 12.1. The monoisotopic (exact) mass is 2560 g/mol. The molecule has 18 rings (SSSR count). The van der Waals surface area contributed by atoms with E-state index in [9.17, 15) is 0 Å². The van der Waals surface area contributed by atoms with Crippen molar-refractivity contribution in [2.45, 2.75) is 274 Å². The van der Waals surface area contributed by atoms with Gasteiger partial charge in [0.1, 0.15) is 11.6 Å². The van der Waals surface area contributed by atoms with E-state index >= 15 is 0 Å². The number of halogens is 1. The van der Waals surface area contributed by atoms with E-state index in [1.165, 1.54) is 166 Å². The van der Waals surface area contributed by atoms with Crippen LogP contribution in [0.4, 0.5) is 45.8 Å². The van der Waals surface area contributed by atoms with Crippen LogP contribution in [0, 0.1) is 51.5 Å². The minimum atomic E-state index is 0. The number of unbranched alkanes of at least 4 members (excludes halogenated alkanes) is 15. The Morgan fingerprint density at radius 3 is 1.01 bits per heavy atom. The van der Waals surface area contributed by atoms with Gasteiger partial charge >= 0.3 is 0 Å². The standard InChI is InChI=1S/C34H32BrN4.C34H33N4.C34H45N3.C28H33N3.3Ir/c1-33(2,3)26-15-10-22(11-16-26)30-37-31(23-12-17-27(18-13-23)34(4,5)6)39-32(38-30)25-14-19-29(36-21-25)24-8-7-9-28(35)20-24;1-33(2,3)27-17-12-24(13-18-27)30-36-31(25-14-19-28(20-15-25)34(4,5)6)38-32(37-30)26-16-21-29(35-22-26)23-10-8-7-9-11-23;1-3-5-7-9-11-13-16-29-19-23-31(24-20-29)36-28-37(34-33(36)18-15-27-35-34)32-25-21-30(22-26-32)17-14-12-10-8-6-4-2;1-4-5-6-7-8-9-11-24-13-15-25(16-14-24)31-21-30(27-12-10-17-29-28(27)31)26-19-22(2)18-23(3)20-26;;;/h7,9-21H,1-6H3;7-10,12-22H,1-6H3;15,18-23,25-28H,3-14,16-17H2,1-2H3;10,12-15,17-21H,4-9,11H2,1-3H3;;;/q2*-1;2*-2;;;. The fourth-order valence-electron chi connectivity index (χ4n) is 18.0. The maximum Gasteiger partial charge on any atom is 0.165 e. The van der Waals surface area contributed by atoms with Gasteiger partial charge in [0.05, 0.1) is 11.4 Å². The van der Waals surface area contributed by atoms with Crippen molar-refractivity contribution in [3.8, 4) is 90.8 Å². The number of aromatic nitrogens is 10. The van der Waals surface area contributed by atoms with Gasteiger partial charge in [-0.1, -0.05) is 386 Å². The van der Waals surface area contributed by atoms with Gasteiger partial charge in [0.2, 0.25) is 0 Å². The molecule has 0 saturated heterocycles. The number of nitrogens with zero attached hydrogens (tertiary/aromatic N) is 14. The molecule has 8 heterocycles. The van der Waals surface area contributed by atoms with Crippen LogP contribution >= 0.6 is 15.9 Å². The molecular weight excluding hydrogens is 2410 g/mol. The average molecular weight is 2560 g/mol. The predicted molar refractivity (Wildman–Crippen MR) is 609 cm³/mol. The number of aryl methyl sites for hydroxylation is 5. The van der Waals surface area contributed by atoms with Crippen LogP contribution in [0.15, 0.2) is 296 Å². The molecule has 6 aromatic heterocycles. The minimum absolute atomic E-state index is 0. The van der Waals surface area contributed by atoms with Gasteiger partial charge in [-0.2, -0.15) is 47.5 Å². The van der Waals surface area contributed by atoms with Crippen molar-refractivity contribution in [3.63, 3.8) is 0 Å². The summed E-state index contributed by atoms with van der Waals surface area (Å²) >= 11 is 3.53. The Hall–Kier alpha value is -11.6. The van der Waals surface area contributed by atoms with Crippen LogP contribution in [-0.4, -0.2) is 49.8 Å². The largest absolute Gasteiger partial charge is 0.492 e. The van der Waals surface area contributed by atoms with Gasteiger partial charge in [0, 0.05) is 130 Å². The third-order valence-corrected chi connectivity index (χ3v) is 27.2. The molecule has 0 amide bonds. The SMILES string of the molecule is CC(C)(C)c1ccc(-c2nc(-c3ccc(C(C)(C)C)cc3)nc(-c3ccc(-c4[c-]ccc(Br)c4)nc3)n2)cc1.CC(C)(C)c1ccc(-c2nc(-c3ccc(C(C)(C)C)cc3)nc(-c3ccc(-c4[c-]cccc4)nc3)n2)cc1.CCCCCCCCc1c[c-]c(N2[CH-]N(c3cc(C)cc(C)c3)c3cccnc32)cc1.CCCCCCCCc1c[c-]c(N2[CH-]N(c3ccc(CCCCCCCC)cc3)c3ncccc32)cc1.[Ir].[Ir].[Ir]. The second-order valence-electron chi connectivity index (χ2n) is 42.6. The molecule has 0 aliphatic carbocycles. The van der Waals surface area contributed by atoms with E-state index in [0.29, 0.717) is 34.9 Å². The molecule has 0 unspecified atom stereocenters. The zero-order valence-corrected chi connectivity index (χ0v) is 98.1. The summed E-state index contributed by atoms with van der Waals surface area (Å²) in [6.07, 6.45) is 34.8. The maximum absolute atomic E-state index is 4.91. The molecule has 18 heteroatoms. The second-order valence-corrected chi connectivity index (χ2v) is 43.5. The molecular formula is C130H143BrIr3N14-6. The quantitative estimate of drug-likeness (QED) is 0.0284. The van der Waals surface area contributed by atoms with E-state index in [1.54, 1.807) is 0 Å². The van der Waals surface area contributed by atoms with E-state index in [1.807, 2.05) is 104 Å². The number of hydrogen-bond donors (Lipinski definition) is 0. The van der Waals surface area contributed by atoms with Crippen molar-refractivity contribution in [2.75, 3.05) is 19.6 Å². The van der Waals surface area contributed by atoms with E-state index < -0.39 is 0 Å². The van der Waals surface area contributed by atoms with E-state index in [4.69, 9.17) is 39.9 Å². The Labute approximate surface area is 932 Å². The number of fused-ring (bicyclic) bond motifs is 2. The number of rotatable bonds is 33. The number of anilines is 8.